The van der Waals surface area contributed by atoms with Gasteiger partial charge in [-0.3, -0.25) is 4.98 Å². The average Bonchev–Trinajstić information content (AvgIpc) is 2.32. The number of anilines is 1. The van der Waals surface area contributed by atoms with Gasteiger partial charge < -0.3 is 10.6 Å². The van der Waals surface area contributed by atoms with Crippen LogP contribution in [0.25, 0.3) is 0 Å². The molecule has 0 saturated carbocycles. The first-order valence-electron chi connectivity index (χ1n) is 6.16. The van der Waals surface area contributed by atoms with E-state index in [1.165, 1.54) is 37.1 Å². The topological polar surface area (TPSA) is 37.0 Å². The highest BCUT2D eigenvalue weighted by atomic mass is 15.0. The van der Waals surface area contributed by atoms with Crippen LogP contribution in [-0.4, -0.2) is 24.1 Å². The quantitative estimate of drug-likeness (QED) is 0.818. The largest absolute Gasteiger partial charge is 0.383 e. The van der Waals surface area contributed by atoms with E-state index in [4.69, 9.17) is 0 Å². The van der Waals surface area contributed by atoms with Crippen LogP contribution in [0.3, 0.4) is 0 Å². The molecule has 0 bridgehead atoms. The highest BCUT2D eigenvalue weighted by Gasteiger charge is 2.12. The molecular weight excluding hydrogens is 198 g/mol. The van der Waals surface area contributed by atoms with Crippen molar-refractivity contribution in [2.45, 2.75) is 39.2 Å². The molecule has 1 saturated heterocycles. The maximum atomic E-state index is 4.28. The summed E-state index contributed by atoms with van der Waals surface area (Å²) in [6, 6.07) is 2.75. The fourth-order valence-electron chi connectivity index (χ4n) is 2.15. The molecule has 1 aromatic heterocycles. The van der Waals surface area contributed by atoms with Gasteiger partial charge in [0.2, 0.25) is 0 Å². The smallest absolute Gasteiger partial charge is 0.0404 e. The highest BCUT2D eigenvalue weighted by molar-refractivity contribution is 5.50. The lowest BCUT2D eigenvalue weighted by Gasteiger charge is -2.24. The van der Waals surface area contributed by atoms with Crippen LogP contribution < -0.4 is 10.6 Å². The van der Waals surface area contributed by atoms with Gasteiger partial charge in [0.25, 0.3) is 0 Å². The lowest BCUT2D eigenvalue weighted by molar-refractivity contribution is 0.414. The molecule has 0 spiro atoms. The van der Waals surface area contributed by atoms with Crippen LogP contribution in [0, 0.1) is 13.8 Å². The third-order valence-corrected chi connectivity index (χ3v) is 3.19. The second-order valence-corrected chi connectivity index (χ2v) is 4.67. The Morgan fingerprint density at radius 1 is 1.44 bits per heavy atom. The van der Waals surface area contributed by atoms with Crippen LogP contribution in [0.5, 0.6) is 0 Å². The summed E-state index contributed by atoms with van der Waals surface area (Å²) >= 11 is 0. The van der Waals surface area contributed by atoms with E-state index >= 15 is 0 Å². The number of aromatic nitrogens is 1. The normalized spacial score (nSPS) is 20.8. The third kappa shape index (κ3) is 2.95. The van der Waals surface area contributed by atoms with Crippen LogP contribution in [0.1, 0.15) is 30.5 Å². The Bertz CT molecular complexity index is 343. The third-order valence-electron chi connectivity index (χ3n) is 3.19. The van der Waals surface area contributed by atoms with E-state index in [0.29, 0.717) is 6.04 Å². The molecule has 88 valence electrons. The van der Waals surface area contributed by atoms with E-state index in [-0.39, 0.29) is 0 Å². The van der Waals surface area contributed by atoms with Gasteiger partial charge in [-0.15, -0.1) is 0 Å². The van der Waals surface area contributed by atoms with Crippen molar-refractivity contribution in [3.63, 3.8) is 0 Å². The van der Waals surface area contributed by atoms with Crippen molar-refractivity contribution >= 4 is 5.69 Å². The van der Waals surface area contributed by atoms with Crippen LogP contribution in [0.4, 0.5) is 5.69 Å². The van der Waals surface area contributed by atoms with Crippen molar-refractivity contribution in [3.8, 4) is 0 Å². The van der Waals surface area contributed by atoms with Crippen molar-refractivity contribution < 1.29 is 0 Å². The predicted octanol–water partition coefficient (Wildman–Crippen LogP) is 2.25. The summed E-state index contributed by atoms with van der Waals surface area (Å²) in [5.41, 5.74) is 3.52. The zero-order valence-corrected chi connectivity index (χ0v) is 10.2. The van der Waals surface area contributed by atoms with Crippen LogP contribution >= 0.6 is 0 Å². The molecule has 1 aromatic rings. The molecule has 0 aliphatic carbocycles. The van der Waals surface area contributed by atoms with Crippen LogP contribution in [-0.2, 0) is 0 Å². The second-order valence-electron chi connectivity index (χ2n) is 4.67. The zero-order valence-electron chi connectivity index (χ0n) is 10.2. The van der Waals surface area contributed by atoms with Gasteiger partial charge in [0.1, 0.15) is 0 Å². The molecule has 2 N–H and O–H groups in total. The van der Waals surface area contributed by atoms with Crippen molar-refractivity contribution in [1.82, 2.24) is 10.3 Å². The van der Waals surface area contributed by atoms with Crippen LogP contribution in [0.2, 0.25) is 0 Å². The molecule has 2 rings (SSSR count). The SMILES string of the molecule is Cc1cc(NCC2CCCCN2)c(C)cn1. The van der Waals surface area contributed by atoms with Gasteiger partial charge in [0.05, 0.1) is 0 Å². The summed E-state index contributed by atoms with van der Waals surface area (Å²) in [5, 5.41) is 7.07. The first-order valence-corrected chi connectivity index (χ1v) is 6.16. The first-order chi connectivity index (χ1) is 7.75. The molecular formula is C13H21N3. The number of piperidine rings is 1. The van der Waals surface area contributed by atoms with Crippen molar-refractivity contribution in [1.29, 1.82) is 0 Å². The van der Waals surface area contributed by atoms with Gasteiger partial charge in [-0.1, -0.05) is 6.42 Å². The number of nitrogens with zero attached hydrogens (tertiary/aromatic N) is 1. The lowest BCUT2D eigenvalue weighted by atomic mass is 10.0. The molecule has 1 aliphatic rings. The highest BCUT2D eigenvalue weighted by Crippen LogP contribution is 2.15. The summed E-state index contributed by atoms with van der Waals surface area (Å²) in [4.78, 5) is 4.28. The fourth-order valence-corrected chi connectivity index (χ4v) is 2.15. The molecule has 0 radical (unpaired) electrons. The first kappa shape index (κ1) is 11.4. The number of nitrogens with one attached hydrogen (secondary N) is 2. The molecule has 16 heavy (non-hydrogen) atoms. The van der Waals surface area contributed by atoms with E-state index < -0.39 is 0 Å². The number of hydrogen-bond donors (Lipinski definition) is 2. The summed E-state index contributed by atoms with van der Waals surface area (Å²) in [5.74, 6) is 0. The molecule has 1 fully saturated rings. The number of rotatable bonds is 3. The summed E-state index contributed by atoms with van der Waals surface area (Å²) in [6.07, 6.45) is 5.90. The van der Waals surface area contributed by atoms with Crippen molar-refractivity contribution in [2.24, 2.45) is 0 Å². The minimum Gasteiger partial charge on any atom is -0.383 e. The standard InChI is InChI=1S/C13H21N3/c1-10-8-15-11(2)7-13(10)16-9-12-5-3-4-6-14-12/h7-8,12,14H,3-6,9H2,1-2H3,(H,15,16). The van der Waals surface area contributed by atoms with Gasteiger partial charge in [-0.25, -0.2) is 0 Å². The molecule has 2 heterocycles. The number of aryl methyl sites for hydroxylation is 2. The van der Waals surface area contributed by atoms with Crippen molar-refractivity contribution in [3.05, 3.63) is 23.5 Å². The molecule has 3 heteroatoms. The predicted molar refractivity (Wildman–Crippen MR) is 67.8 cm³/mol. The second kappa shape index (κ2) is 5.30. The summed E-state index contributed by atoms with van der Waals surface area (Å²) < 4.78 is 0. The Morgan fingerprint density at radius 3 is 3.06 bits per heavy atom. The maximum Gasteiger partial charge on any atom is 0.0404 e. The van der Waals surface area contributed by atoms with Gasteiger partial charge in [0, 0.05) is 30.2 Å². The summed E-state index contributed by atoms with van der Waals surface area (Å²) in [6.45, 7) is 6.32. The minimum absolute atomic E-state index is 0.627. The molecule has 1 unspecified atom stereocenters. The number of pyridine rings is 1. The molecule has 1 atom stereocenters. The Balaban J connectivity index is 1.90. The Kier molecular flexibility index (Phi) is 3.78. The number of hydrogen-bond acceptors (Lipinski definition) is 3. The van der Waals surface area contributed by atoms with Crippen molar-refractivity contribution in [2.75, 3.05) is 18.4 Å². The van der Waals surface area contributed by atoms with Gasteiger partial charge in [0.15, 0.2) is 0 Å². The van der Waals surface area contributed by atoms with Gasteiger partial charge in [-0.05, 0) is 44.9 Å². The lowest BCUT2D eigenvalue weighted by Crippen LogP contribution is -2.39. The van der Waals surface area contributed by atoms with Gasteiger partial charge >= 0.3 is 0 Å². The Hall–Kier alpha value is -1.09. The monoisotopic (exact) mass is 219 g/mol. The Morgan fingerprint density at radius 2 is 2.31 bits per heavy atom. The summed E-state index contributed by atoms with van der Waals surface area (Å²) in [7, 11) is 0. The van der Waals surface area contributed by atoms with E-state index in [1.807, 2.05) is 13.1 Å². The molecule has 3 nitrogen and oxygen atoms in total. The maximum absolute atomic E-state index is 4.28. The van der Waals surface area contributed by atoms with E-state index in [2.05, 4.69) is 28.6 Å². The van der Waals surface area contributed by atoms with Crippen LogP contribution in [0.15, 0.2) is 12.3 Å². The molecule has 0 amide bonds. The zero-order chi connectivity index (χ0) is 11.4. The van der Waals surface area contributed by atoms with E-state index in [0.717, 1.165) is 12.2 Å². The molecule has 0 aromatic carbocycles. The van der Waals surface area contributed by atoms with E-state index in [9.17, 15) is 0 Å². The molecule has 1 aliphatic heterocycles. The van der Waals surface area contributed by atoms with Gasteiger partial charge in [-0.2, -0.15) is 0 Å². The Labute approximate surface area is 97.7 Å². The van der Waals surface area contributed by atoms with E-state index in [1.54, 1.807) is 0 Å². The minimum atomic E-state index is 0.627. The fraction of sp³-hybridized carbons (Fsp3) is 0.615. The average molecular weight is 219 g/mol.